The molecule has 4 N–H and O–H groups in total. The molecule has 0 radical (unpaired) electrons. The maximum atomic E-state index is 12.0. The van der Waals surface area contributed by atoms with Gasteiger partial charge in [0.2, 0.25) is 17.7 Å². The number of hydrogen-bond donors (Lipinski definition) is 4. The molecule has 0 bridgehead atoms. The van der Waals surface area contributed by atoms with E-state index in [-0.39, 0.29) is 23.9 Å². The van der Waals surface area contributed by atoms with E-state index in [0.29, 0.717) is 5.69 Å². The van der Waals surface area contributed by atoms with E-state index >= 15 is 0 Å². The van der Waals surface area contributed by atoms with Crippen molar-refractivity contribution in [2.75, 3.05) is 12.4 Å². The predicted molar refractivity (Wildman–Crippen MR) is 128 cm³/mol. The van der Waals surface area contributed by atoms with Gasteiger partial charge in [-0.15, -0.1) is 0 Å². The summed E-state index contributed by atoms with van der Waals surface area (Å²) in [6.45, 7) is 3.95. The molecule has 0 heterocycles. The van der Waals surface area contributed by atoms with E-state index in [1.165, 1.54) is 6.08 Å². The number of anilines is 1. The Balaban J connectivity index is 1.67. The van der Waals surface area contributed by atoms with Gasteiger partial charge in [0.05, 0.1) is 7.11 Å². The molecule has 0 aromatic heterocycles. The fourth-order valence-electron chi connectivity index (χ4n) is 2.53. The Bertz CT molecular complexity index is 1020. The van der Waals surface area contributed by atoms with E-state index in [2.05, 4.69) is 21.5 Å². The van der Waals surface area contributed by atoms with Gasteiger partial charge in [-0.1, -0.05) is 18.2 Å². The number of carbonyl (C=O) groups is 3. The summed E-state index contributed by atoms with van der Waals surface area (Å²) < 4.78 is 5.07. The van der Waals surface area contributed by atoms with Crippen LogP contribution in [0.5, 0.6) is 5.75 Å². The standard InChI is InChI=1S/C23H26N4O4S/c1-15-4-8-18(14-16(15)2)24-20(28)12-13-22(30)26-27-23(32)25-21(29)11-7-17-5-9-19(31-3)10-6-17/h4-11,14H,12-13H2,1-3H3,(H,24,28)(H,26,30)(H2,25,27,29,32)/b11-7+. The highest BCUT2D eigenvalue weighted by atomic mass is 32.1. The summed E-state index contributed by atoms with van der Waals surface area (Å²) in [5, 5.41) is 5.10. The van der Waals surface area contributed by atoms with E-state index in [9.17, 15) is 14.4 Å². The van der Waals surface area contributed by atoms with Crippen molar-refractivity contribution < 1.29 is 19.1 Å². The van der Waals surface area contributed by atoms with Gasteiger partial charge >= 0.3 is 0 Å². The lowest BCUT2D eigenvalue weighted by Gasteiger charge is -2.10. The topological polar surface area (TPSA) is 109 Å². The second-order valence-corrected chi connectivity index (χ2v) is 7.35. The third-order valence-corrected chi connectivity index (χ3v) is 4.67. The van der Waals surface area contributed by atoms with Crippen LogP contribution in [0.4, 0.5) is 5.69 Å². The molecule has 0 aliphatic carbocycles. The largest absolute Gasteiger partial charge is 0.497 e. The van der Waals surface area contributed by atoms with Crippen LogP contribution in [0.1, 0.15) is 29.5 Å². The lowest BCUT2D eigenvalue weighted by Crippen LogP contribution is -2.48. The van der Waals surface area contributed by atoms with Crippen LogP contribution in [0.15, 0.2) is 48.5 Å². The summed E-state index contributed by atoms with van der Waals surface area (Å²) in [6.07, 6.45) is 2.89. The Morgan fingerprint density at radius 2 is 1.62 bits per heavy atom. The average Bonchev–Trinajstić information content (AvgIpc) is 2.77. The Morgan fingerprint density at radius 1 is 0.938 bits per heavy atom. The second-order valence-electron chi connectivity index (χ2n) is 6.95. The molecule has 168 valence electrons. The summed E-state index contributed by atoms with van der Waals surface area (Å²) >= 11 is 4.97. The number of aryl methyl sites for hydroxylation is 2. The van der Waals surface area contributed by atoms with Gasteiger partial charge in [-0.2, -0.15) is 0 Å². The minimum absolute atomic E-state index is 0.00412. The van der Waals surface area contributed by atoms with Crippen molar-refractivity contribution in [3.8, 4) is 5.75 Å². The van der Waals surface area contributed by atoms with Gasteiger partial charge in [0, 0.05) is 24.6 Å². The molecule has 2 aromatic carbocycles. The Morgan fingerprint density at radius 3 is 2.28 bits per heavy atom. The normalized spacial score (nSPS) is 10.3. The molecule has 0 atom stereocenters. The van der Waals surface area contributed by atoms with E-state index in [1.54, 1.807) is 37.5 Å². The van der Waals surface area contributed by atoms with E-state index in [1.807, 2.05) is 32.0 Å². The maximum Gasteiger partial charge on any atom is 0.250 e. The zero-order valence-corrected chi connectivity index (χ0v) is 19.0. The van der Waals surface area contributed by atoms with Gasteiger partial charge in [-0.25, -0.2) is 0 Å². The number of methoxy groups -OCH3 is 1. The molecule has 2 rings (SSSR count). The molecule has 32 heavy (non-hydrogen) atoms. The first-order chi connectivity index (χ1) is 15.3. The number of hydrogen-bond acceptors (Lipinski definition) is 5. The zero-order valence-electron chi connectivity index (χ0n) is 18.2. The SMILES string of the molecule is COc1ccc(/C=C/C(=O)NC(=S)NNC(=O)CCC(=O)Nc2ccc(C)c(C)c2)cc1. The monoisotopic (exact) mass is 454 g/mol. The number of amides is 3. The minimum Gasteiger partial charge on any atom is -0.497 e. The van der Waals surface area contributed by atoms with Crippen LogP contribution < -0.4 is 26.2 Å². The molecule has 2 aromatic rings. The molecule has 9 heteroatoms. The molecule has 3 amide bonds. The minimum atomic E-state index is -0.458. The number of benzene rings is 2. The highest BCUT2D eigenvalue weighted by Gasteiger charge is 2.09. The first kappa shape index (κ1) is 24.5. The van der Waals surface area contributed by atoms with Crippen molar-refractivity contribution in [3.05, 3.63) is 65.2 Å². The molecular weight excluding hydrogens is 428 g/mol. The zero-order chi connectivity index (χ0) is 23.5. The summed E-state index contributed by atoms with van der Waals surface area (Å²) in [5.74, 6) is -0.454. The first-order valence-corrected chi connectivity index (χ1v) is 10.3. The third kappa shape index (κ3) is 8.57. The summed E-state index contributed by atoms with van der Waals surface area (Å²) in [5.41, 5.74) is 8.48. The van der Waals surface area contributed by atoms with Crippen molar-refractivity contribution in [2.45, 2.75) is 26.7 Å². The predicted octanol–water partition coefficient (Wildman–Crippen LogP) is 2.77. The molecule has 0 saturated carbocycles. The number of nitrogens with one attached hydrogen (secondary N) is 4. The number of hydrazine groups is 1. The molecular formula is C23H26N4O4S. The highest BCUT2D eigenvalue weighted by molar-refractivity contribution is 7.80. The Kier molecular flexibility index (Phi) is 9.37. The Hall–Kier alpha value is -3.72. The maximum absolute atomic E-state index is 12.0. The molecule has 0 saturated heterocycles. The fraction of sp³-hybridized carbons (Fsp3) is 0.217. The van der Waals surface area contributed by atoms with Crippen LogP contribution in [0, 0.1) is 13.8 Å². The smallest absolute Gasteiger partial charge is 0.250 e. The highest BCUT2D eigenvalue weighted by Crippen LogP contribution is 2.14. The van der Waals surface area contributed by atoms with Crippen molar-refractivity contribution in [1.29, 1.82) is 0 Å². The molecule has 0 aliphatic rings. The third-order valence-electron chi connectivity index (χ3n) is 4.46. The van der Waals surface area contributed by atoms with Gasteiger partial charge in [-0.3, -0.25) is 30.6 Å². The van der Waals surface area contributed by atoms with E-state index in [0.717, 1.165) is 22.4 Å². The average molecular weight is 455 g/mol. The van der Waals surface area contributed by atoms with Gasteiger partial charge in [0.15, 0.2) is 5.11 Å². The van der Waals surface area contributed by atoms with Crippen LogP contribution in [0.25, 0.3) is 6.08 Å². The van der Waals surface area contributed by atoms with E-state index < -0.39 is 11.8 Å². The first-order valence-electron chi connectivity index (χ1n) is 9.86. The summed E-state index contributed by atoms with van der Waals surface area (Å²) in [7, 11) is 1.58. The van der Waals surface area contributed by atoms with Crippen molar-refractivity contribution in [2.24, 2.45) is 0 Å². The number of thiocarbonyl (C=S) groups is 1. The van der Waals surface area contributed by atoms with Gasteiger partial charge < -0.3 is 10.1 Å². The molecule has 8 nitrogen and oxygen atoms in total. The van der Waals surface area contributed by atoms with Crippen LogP contribution in [0.3, 0.4) is 0 Å². The lowest BCUT2D eigenvalue weighted by molar-refractivity contribution is -0.124. The fourth-order valence-corrected chi connectivity index (χ4v) is 2.68. The Labute approximate surface area is 192 Å². The van der Waals surface area contributed by atoms with Crippen molar-refractivity contribution in [3.63, 3.8) is 0 Å². The van der Waals surface area contributed by atoms with Crippen molar-refractivity contribution >= 4 is 46.8 Å². The number of rotatable bonds is 7. The number of carbonyl (C=O) groups excluding carboxylic acids is 3. The summed E-state index contributed by atoms with van der Waals surface area (Å²) in [6, 6.07) is 12.8. The van der Waals surface area contributed by atoms with Crippen molar-refractivity contribution in [1.82, 2.24) is 16.2 Å². The van der Waals surface area contributed by atoms with Gasteiger partial charge in [0.25, 0.3) is 0 Å². The molecule has 0 aliphatic heterocycles. The molecule has 0 spiro atoms. The molecule has 0 unspecified atom stereocenters. The number of ether oxygens (including phenoxy) is 1. The quantitative estimate of drug-likeness (QED) is 0.291. The van der Waals surface area contributed by atoms with Crippen LogP contribution in [0.2, 0.25) is 0 Å². The van der Waals surface area contributed by atoms with Crippen LogP contribution in [-0.4, -0.2) is 29.9 Å². The van der Waals surface area contributed by atoms with Crippen LogP contribution >= 0.6 is 12.2 Å². The molecule has 0 fully saturated rings. The second kappa shape index (κ2) is 12.2. The lowest BCUT2D eigenvalue weighted by atomic mass is 10.1. The van der Waals surface area contributed by atoms with Gasteiger partial charge in [0.1, 0.15) is 5.75 Å². The van der Waals surface area contributed by atoms with E-state index in [4.69, 9.17) is 17.0 Å². The van der Waals surface area contributed by atoms with Gasteiger partial charge in [-0.05, 0) is 73.1 Å². The summed E-state index contributed by atoms with van der Waals surface area (Å²) in [4.78, 5) is 35.8. The van der Waals surface area contributed by atoms with Crippen LogP contribution in [-0.2, 0) is 14.4 Å².